The maximum Gasteiger partial charge on any atom is 0.180 e. The Morgan fingerprint density at radius 1 is 1.10 bits per heavy atom. The van der Waals surface area contributed by atoms with Crippen molar-refractivity contribution in [2.75, 3.05) is 0 Å². The third-order valence-electron chi connectivity index (χ3n) is 3.74. The summed E-state index contributed by atoms with van der Waals surface area (Å²) in [5.41, 5.74) is 2.17. The first kappa shape index (κ1) is 12.3. The molecule has 0 saturated carbocycles. The zero-order chi connectivity index (χ0) is 13.5. The molecule has 102 valence electrons. The highest BCUT2D eigenvalue weighted by molar-refractivity contribution is 7.15. The zero-order valence-corrected chi connectivity index (χ0v) is 12.4. The van der Waals surface area contributed by atoms with Crippen LogP contribution in [0, 0.1) is 0 Å². The van der Waals surface area contributed by atoms with Gasteiger partial charge in [0.1, 0.15) is 5.15 Å². The van der Waals surface area contributed by atoms with E-state index in [1.54, 1.807) is 12.4 Å². The second-order valence-corrected chi connectivity index (χ2v) is 6.59. The molecule has 0 atom stereocenters. The monoisotopic (exact) mass is 304 g/mol. The highest BCUT2D eigenvalue weighted by atomic mass is 35.5. The van der Waals surface area contributed by atoms with Crippen LogP contribution in [0.25, 0.3) is 16.3 Å². The third kappa shape index (κ3) is 1.93. The molecule has 0 radical (unpaired) electrons. The highest BCUT2D eigenvalue weighted by Crippen LogP contribution is 2.35. The molecule has 0 unspecified atom stereocenters. The van der Waals surface area contributed by atoms with Crippen LogP contribution in [-0.2, 0) is 12.8 Å². The summed E-state index contributed by atoms with van der Waals surface area (Å²) >= 11 is 8.06. The summed E-state index contributed by atoms with van der Waals surface area (Å²) in [5.74, 6) is 0.825. The summed E-state index contributed by atoms with van der Waals surface area (Å²) in [7, 11) is 0. The number of halogens is 1. The Kier molecular flexibility index (Phi) is 2.97. The van der Waals surface area contributed by atoms with Crippen molar-refractivity contribution in [1.29, 1.82) is 0 Å². The van der Waals surface area contributed by atoms with Gasteiger partial charge in [-0.1, -0.05) is 18.0 Å². The minimum Gasteiger partial charge on any atom is -0.262 e. The van der Waals surface area contributed by atoms with Gasteiger partial charge in [-0.05, 0) is 37.3 Å². The topological polar surface area (TPSA) is 43.1 Å². The van der Waals surface area contributed by atoms with Gasteiger partial charge >= 0.3 is 0 Å². The van der Waals surface area contributed by atoms with Gasteiger partial charge in [0.25, 0.3) is 0 Å². The first-order chi connectivity index (χ1) is 9.83. The van der Waals surface area contributed by atoms with Crippen LogP contribution >= 0.6 is 22.9 Å². The molecular weight excluding hydrogens is 292 g/mol. The van der Waals surface area contributed by atoms with E-state index in [2.05, 4.69) is 21.2 Å². The van der Waals surface area contributed by atoms with Crippen LogP contribution in [0.3, 0.4) is 0 Å². The Balaban J connectivity index is 1.87. The van der Waals surface area contributed by atoms with E-state index < -0.39 is 0 Å². The smallest absolute Gasteiger partial charge is 0.180 e. The van der Waals surface area contributed by atoms with E-state index in [0.717, 1.165) is 10.7 Å². The fraction of sp³-hybridized carbons (Fsp3) is 0.357. The molecule has 3 heterocycles. The van der Waals surface area contributed by atoms with Crippen molar-refractivity contribution in [3.63, 3.8) is 0 Å². The van der Waals surface area contributed by atoms with Crippen molar-refractivity contribution in [1.82, 2.24) is 19.6 Å². The molecule has 1 aliphatic rings. The lowest BCUT2D eigenvalue weighted by Gasteiger charge is -1.99. The molecule has 3 aromatic heterocycles. The molecule has 20 heavy (non-hydrogen) atoms. The second kappa shape index (κ2) is 4.82. The molecule has 0 amide bonds. The third-order valence-corrected chi connectivity index (χ3v) is 5.24. The number of hydrogen-bond acceptors (Lipinski definition) is 4. The van der Waals surface area contributed by atoms with Gasteiger partial charge in [0.05, 0.1) is 17.3 Å². The predicted molar refractivity (Wildman–Crippen MR) is 80.4 cm³/mol. The first-order valence-corrected chi connectivity index (χ1v) is 7.99. The minimum atomic E-state index is 0.547. The Labute approximate surface area is 125 Å². The molecule has 0 spiro atoms. The van der Waals surface area contributed by atoms with E-state index in [9.17, 15) is 0 Å². The van der Waals surface area contributed by atoms with Crippen LogP contribution in [0.5, 0.6) is 0 Å². The van der Waals surface area contributed by atoms with E-state index in [4.69, 9.17) is 11.6 Å². The molecule has 4 rings (SSSR count). The van der Waals surface area contributed by atoms with E-state index in [-0.39, 0.29) is 0 Å². The maximum absolute atomic E-state index is 6.23. The van der Waals surface area contributed by atoms with Crippen molar-refractivity contribution in [3.05, 3.63) is 34.1 Å². The Morgan fingerprint density at radius 3 is 2.95 bits per heavy atom. The fourth-order valence-corrected chi connectivity index (χ4v) is 4.20. The molecule has 0 N–H and O–H groups in total. The summed E-state index contributed by atoms with van der Waals surface area (Å²) in [6, 6.07) is 2.26. The molecule has 0 fully saturated rings. The summed E-state index contributed by atoms with van der Waals surface area (Å²) in [6.07, 6.45) is 9.58. The predicted octanol–water partition coefficient (Wildman–Crippen LogP) is 3.78. The maximum atomic E-state index is 6.23. The fourth-order valence-electron chi connectivity index (χ4n) is 2.75. The van der Waals surface area contributed by atoms with Gasteiger partial charge in [-0.3, -0.25) is 9.38 Å². The number of aromatic nitrogens is 4. The summed E-state index contributed by atoms with van der Waals surface area (Å²) in [5, 5.41) is 8.99. The molecule has 0 saturated heterocycles. The highest BCUT2D eigenvalue weighted by Gasteiger charge is 2.17. The van der Waals surface area contributed by atoms with Crippen LogP contribution < -0.4 is 0 Å². The zero-order valence-electron chi connectivity index (χ0n) is 10.8. The standard InChI is InChI=1S/C14H13ClN4S/c15-12-7-16-8-13-17-18-14(19(12)13)11-6-9-4-2-1-3-5-10(9)20-11/h6-8H,1-5H2. The van der Waals surface area contributed by atoms with E-state index >= 15 is 0 Å². The minimum absolute atomic E-state index is 0.547. The Morgan fingerprint density at radius 2 is 2.00 bits per heavy atom. The van der Waals surface area contributed by atoms with Crippen molar-refractivity contribution in [3.8, 4) is 10.7 Å². The lowest BCUT2D eigenvalue weighted by molar-refractivity contribution is 0.712. The SMILES string of the molecule is Clc1cncc2nnc(-c3cc4c(s3)CCCCC4)n12. The van der Waals surface area contributed by atoms with Crippen molar-refractivity contribution >= 4 is 28.6 Å². The molecule has 6 heteroatoms. The summed E-state index contributed by atoms with van der Waals surface area (Å²) < 4.78 is 1.86. The van der Waals surface area contributed by atoms with Gasteiger partial charge in [-0.25, -0.2) is 0 Å². The van der Waals surface area contributed by atoms with Crippen LogP contribution in [0.2, 0.25) is 5.15 Å². The molecule has 1 aliphatic carbocycles. The molecule has 4 nitrogen and oxygen atoms in total. The van der Waals surface area contributed by atoms with Gasteiger partial charge in [0, 0.05) is 4.88 Å². The normalized spacial score (nSPS) is 15.2. The number of thiophene rings is 1. The number of nitrogens with zero attached hydrogens (tertiary/aromatic N) is 4. The molecule has 0 bridgehead atoms. The van der Waals surface area contributed by atoms with Crippen molar-refractivity contribution in [2.45, 2.75) is 32.1 Å². The van der Waals surface area contributed by atoms with Crippen LogP contribution in [0.4, 0.5) is 0 Å². The molecule has 0 aliphatic heterocycles. The Hall–Kier alpha value is -1.46. The number of hydrogen-bond donors (Lipinski definition) is 0. The van der Waals surface area contributed by atoms with Gasteiger partial charge in [0.15, 0.2) is 11.5 Å². The lowest BCUT2D eigenvalue weighted by atomic mass is 10.1. The molecule has 3 aromatic rings. The summed E-state index contributed by atoms with van der Waals surface area (Å²) in [6.45, 7) is 0. The average Bonchev–Trinajstić information content (AvgIpc) is 2.99. The van der Waals surface area contributed by atoms with Crippen molar-refractivity contribution in [2.24, 2.45) is 0 Å². The van der Waals surface area contributed by atoms with Gasteiger partial charge in [0.2, 0.25) is 0 Å². The second-order valence-electron chi connectivity index (χ2n) is 5.07. The quantitative estimate of drug-likeness (QED) is 0.643. The van der Waals surface area contributed by atoms with Crippen LogP contribution in [0.15, 0.2) is 18.5 Å². The number of aryl methyl sites for hydroxylation is 2. The molecular formula is C14H13ClN4S. The van der Waals surface area contributed by atoms with Crippen LogP contribution in [-0.4, -0.2) is 19.6 Å². The van der Waals surface area contributed by atoms with Crippen LogP contribution in [0.1, 0.15) is 29.7 Å². The lowest BCUT2D eigenvalue weighted by Crippen LogP contribution is -1.90. The van der Waals surface area contributed by atoms with Gasteiger partial charge < -0.3 is 0 Å². The van der Waals surface area contributed by atoms with Crippen molar-refractivity contribution < 1.29 is 0 Å². The van der Waals surface area contributed by atoms with Gasteiger partial charge in [-0.15, -0.1) is 21.5 Å². The van der Waals surface area contributed by atoms with E-state index in [0.29, 0.717) is 10.8 Å². The molecule has 0 aromatic carbocycles. The van der Waals surface area contributed by atoms with Gasteiger partial charge in [-0.2, -0.15) is 0 Å². The largest absolute Gasteiger partial charge is 0.262 e. The Bertz CT molecular complexity index is 753. The average molecular weight is 305 g/mol. The summed E-state index contributed by atoms with van der Waals surface area (Å²) in [4.78, 5) is 6.69. The van der Waals surface area contributed by atoms with E-state index in [1.807, 2.05) is 15.7 Å². The number of fused-ring (bicyclic) bond motifs is 2. The number of rotatable bonds is 1. The first-order valence-electron chi connectivity index (χ1n) is 6.79. The van der Waals surface area contributed by atoms with E-state index in [1.165, 1.54) is 42.5 Å².